The summed E-state index contributed by atoms with van der Waals surface area (Å²) >= 11 is 0. The summed E-state index contributed by atoms with van der Waals surface area (Å²) in [6.45, 7) is 4.86. The predicted octanol–water partition coefficient (Wildman–Crippen LogP) is 1.24. The van der Waals surface area contributed by atoms with Crippen LogP contribution in [-0.2, 0) is 22.5 Å². The van der Waals surface area contributed by atoms with Gasteiger partial charge in [0.05, 0.1) is 6.04 Å². The van der Waals surface area contributed by atoms with Crippen molar-refractivity contribution in [1.29, 1.82) is 0 Å². The lowest BCUT2D eigenvalue weighted by Gasteiger charge is -2.25. The number of benzene rings is 1. The number of rotatable bonds is 6. The summed E-state index contributed by atoms with van der Waals surface area (Å²) in [5, 5.41) is 6.24. The van der Waals surface area contributed by atoms with Crippen molar-refractivity contribution in [3.05, 3.63) is 35.4 Å². The van der Waals surface area contributed by atoms with E-state index >= 15 is 0 Å². The Balaban J connectivity index is 1.76. The molecule has 0 aromatic heterocycles. The van der Waals surface area contributed by atoms with Gasteiger partial charge in [0.1, 0.15) is 0 Å². The molecule has 0 saturated carbocycles. The van der Waals surface area contributed by atoms with Gasteiger partial charge in [0.2, 0.25) is 5.91 Å². The lowest BCUT2D eigenvalue weighted by atomic mass is 9.95. The highest BCUT2D eigenvalue weighted by molar-refractivity contribution is 5.82. The molecule has 104 valence electrons. The second-order valence-electron chi connectivity index (χ2n) is 4.75. The van der Waals surface area contributed by atoms with Crippen LogP contribution in [0.25, 0.3) is 0 Å². The second-order valence-corrected chi connectivity index (χ2v) is 4.75. The van der Waals surface area contributed by atoms with Gasteiger partial charge in [-0.1, -0.05) is 24.3 Å². The molecule has 1 aliphatic heterocycles. The van der Waals surface area contributed by atoms with E-state index in [0.717, 1.165) is 26.0 Å². The number of carbonyl (C=O) groups is 1. The third-order valence-electron chi connectivity index (χ3n) is 3.37. The van der Waals surface area contributed by atoms with Gasteiger partial charge in [-0.05, 0) is 30.9 Å². The van der Waals surface area contributed by atoms with Gasteiger partial charge in [0.25, 0.3) is 0 Å². The van der Waals surface area contributed by atoms with E-state index in [-0.39, 0.29) is 11.9 Å². The molecule has 4 heteroatoms. The van der Waals surface area contributed by atoms with Crippen LogP contribution in [0.2, 0.25) is 0 Å². The Morgan fingerprint density at radius 2 is 2.21 bits per heavy atom. The molecule has 0 bridgehead atoms. The van der Waals surface area contributed by atoms with E-state index < -0.39 is 0 Å². The van der Waals surface area contributed by atoms with Crippen molar-refractivity contribution in [2.45, 2.75) is 32.4 Å². The molecule has 0 aliphatic carbocycles. The number of ether oxygens (including phenoxy) is 1. The summed E-state index contributed by atoms with van der Waals surface area (Å²) in [5.74, 6) is 0.0889. The highest BCUT2D eigenvalue weighted by Crippen LogP contribution is 2.16. The van der Waals surface area contributed by atoms with E-state index in [1.165, 1.54) is 11.1 Å². The largest absolute Gasteiger partial charge is 0.382 e. The van der Waals surface area contributed by atoms with Gasteiger partial charge in [-0.3, -0.25) is 4.79 Å². The number of carbonyl (C=O) groups excluding carboxylic acids is 1. The smallest absolute Gasteiger partial charge is 0.237 e. The van der Waals surface area contributed by atoms with E-state index in [9.17, 15) is 4.79 Å². The van der Waals surface area contributed by atoms with Crippen molar-refractivity contribution < 1.29 is 9.53 Å². The number of hydrogen-bond acceptors (Lipinski definition) is 3. The fourth-order valence-corrected chi connectivity index (χ4v) is 2.29. The lowest BCUT2D eigenvalue weighted by molar-refractivity contribution is -0.123. The van der Waals surface area contributed by atoms with Crippen molar-refractivity contribution in [1.82, 2.24) is 10.6 Å². The molecule has 1 aromatic rings. The molecule has 2 rings (SSSR count). The molecule has 0 radical (unpaired) electrons. The summed E-state index contributed by atoms with van der Waals surface area (Å²) in [6, 6.07) is 8.17. The quantitative estimate of drug-likeness (QED) is 0.759. The van der Waals surface area contributed by atoms with Crippen molar-refractivity contribution in [3.63, 3.8) is 0 Å². The fraction of sp³-hybridized carbons (Fsp3) is 0.533. The van der Waals surface area contributed by atoms with Gasteiger partial charge in [0, 0.05) is 26.3 Å². The van der Waals surface area contributed by atoms with Gasteiger partial charge in [-0.15, -0.1) is 0 Å². The molecule has 0 unspecified atom stereocenters. The van der Waals surface area contributed by atoms with Gasteiger partial charge < -0.3 is 15.4 Å². The Morgan fingerprint density at radius 3 is 3.00 bits per heavy atom. The van der Waals surface area contributed by atoms with Crippen molar-refractivity contribution >= 4 is 5.91 Å². The zero-order valence-corrected chi connectivity index (χ0v) is 11.4. The third-order valence-corrected chi connectivity index (χ3v) is 3.37. The van der Waals surface area contributed by atoms with Crippen LogP contribution < -0.4 is 10.6 Å². The Kier molecular flexibility index (Phi) is 5.36. The molecular formula is C15H22N2O2. The lowest BCUT2D eigenvalue weighted by Crippen LogP contribution is -2.47. The molecule has 1 amide bonds. The number of amides is 1. The molecule has 0 fully saturated rings. The van der Waals surface area contributed by atoms with E-state index in [0.29, 0.717) is 13.2 Å². The normalized spacial score (nSPS) is 17.8. The third kappa shape index (κ3) is 4.04. The first kappa shape index (κ1) is 14.0. The first-order chi connectivity index (χ1) is 9.31. The molecule has 1 heterocycles. The van der Waals surface area contributed by atoms with E-state index in [2.05, 4.69) is 22.8 Å². The molecule has 2 N–H and O–H groups in total. The highest BCUT2D eigenvalue weighted by Gasteiger charge is 2.23. The SMILES string of the molecule is CCOCCCNC(=O)[C@H]1Cc2ccccc2CN1. The van der Waals surface area contributed by atoms with Gasteiger partial charge in [-0.25, -0.2) is 0 Å². The standard InChI is InChI=1S/C15H22N2O2/c1-2-19-9-5-8-16-15(18)14-10-12-6-3-4-7-13(12)11-17-14/h3-4,6-7,14,17H,2,5,8-11H2,1H3,(H,16,18)/t14-/m1/s1. The number of hydrogen-bond donors (Lipinski definition) is 2. The zero-order valence-electron chi connectivity index (χ0n) is 11.4. The maximum absolute atomic E-state index is 12.0. The summed E-state index contributed by atoms with van der Waals surface area (Å²) in [7, 11) is 0. The molecular weight excluding hydrogens is 240 g/mol. The van der Waals surface area contributed by atoms with Crippen LogP contribution in [0.5, 0.6) is 0 Å². The minimum Gasteiger partial charge on any atom is -0.382 e. The topological polar surface area (TPSA) is 50.4 Å². The maximum Gasteiger partial charge on any atom is 0.237 e. The van der Waals surface area contributed by atoms with Gasteiger partial charge in [-0.2, -0.15) is 0 Å². The van der Waals surface area contributed by atoms with Crippen LogP contribution in [0.3, 0.4) is 0 Å². The van der Waals surface area contributed by atoms with E-state index in [1.807, 2.05) is 19.1 Å². The van der Waals surface area contributed by atoms with Crippen LogP contribution in [0.1, 0.15) is 24.5 Å². The fourth-order valence-electron chi connectivity index (χ4n) is 2.29. The van der Waals surface area contributed by atoms with Crippen LogP contribution in [0, 0.1) is 0 Å². The average Bonchev–Trinajstić information content (AvgIpc) is 2.46. The second kappa shape index (κ2) is 7.26. The maximum atomic E-state index is 12.0. The van der Waals surface area contributed by atoms with Gasteiger partial charge in [0.15, 0.2) is 0 Å². The number of nitrogens with one attached hydrogen (secondary N) is 2. The molecule has 0 saturated heterocycles. The minimum atomic E-state index is -0.109. The van der Waals surface area contributed by atoms with Gasteiger partial charge >= 0.3 is 0 Å². The minimum absolute atomic E-state index is 0.0889. The monoisotopic (exact) mass is 262 g/mol. The first-order valence-electron chi connectivity index (χ1n) is 6.97. The van der Waals surface area contributed by atoms with Crippen molar-refractivity contribution in [3.8, 4) is 0 Å². The molecule has 1 atom stereocenters. The molecule has 4 nitrogen and oxygen atoms in total. The van der Waals surface area contributed by atoms with E-state index in [1.54, 1.807) is 0 Å². The number of fused-ring (bicyclic) bond motifs is 1. The first-order valence-corrected chi connectivity index (χ1v) is 6.97. The predicted molar refractivity (Wildman–Crippen MR) is 74.9 cm³/mol. The van der Waals surface area contributed by atoms with Crippen LogP contribution in [0.4, 0.5) is 0 Å². The Morgan fingerprint density at radius 1 is 1.42 bits per heavy atom. The van der Waals surface area contributed by atoms with Crippen molar-refractivity contribution in [2.75, 3.05) is 19.8 Å². The summed E-state index contributed by atoms with van der Waals surface area (Å²) in [6.07, 6.45) is 1.64. The average molecular weight is 262 g/mol. The van der Waals surface area contributed by atoms with Crippen LogP contribution in [-0.4, -0.2) is 31.7 Å². The molecule has 1 aliphatic rings. The summed E-state index contributed by atoms with van der Waals surface area (Å²) < 4.78 is 5.24. The zero-order chi connectivity index (χ0) is 13.5. The highest BCUT2D eigenvalue weighted by atomic mass is 16.5. The Labute approximate surface area is 114 Å². The van der Waals surface area contributed by atoms with Crippen molar-refractivity contribution in [2.24, 2.45) is 0 Å². The molecule has 1 aromatic carbocycles. The Hall–Kier alpha value is -1.39. The molecule has 0 spiro atoms. The van der Waals surface area contributed by atoms with Crippen LogP contribution >= 0.6 is 0 Å². The Bertz CT molecular complexity index is 420. The summed E-state index contributed by atoms with van der Waals surface area (Å²) in [5.41, 5.74) is 2.57. The van der Waals surface area contributed by atoms with E-state index in [4.69, 9.17) is 4.74 Å². The molecule has 19 heavy (non-hydrogen) atoms. The van der Waals surface area contributed by atoms with Crippen LogP contribution in [0.15, 0.2) is 24.3 Å². The summed E-state index contributed by atoms with van der Waals surface area (Å²) in [4.78, 5) is 12.0.